The molecule has 2 aromatic heterocycles. The van der Waals surface area contributed by atoms with Gasteiger partial charge in [0, 0.05) is 76.1 Å². The van der Waals surface area contributed by atoms with Crippen LogP contribution in [0.1, 0.15) is 11.1 Å². The molecule has 0 spiro atoms. The molecule has 0 amide bonds. The molecule has 84 heavy (non-hydrogen) atoms. The number of anilines is 10. The zero-order valence-corrected chi connectivity index (χ0v) is 52.9. The monoisotopic (exact) mass is 1270 g/mol. The number of aliphatic hydroxyl groups excluding tert-OH is 6. The summed E-state index contributed by atoms with van der Waals surface area (Å²) >= 11 is 0. The molecule has 6 rings (SSSR count). The standard InChI is InChI=1S/C38H40N12O14S4.2C4H11NO2.2Na/c1-49(17-19-51)37-45-33(39-25-9-13-29(14-10-25)65(53,54)55)43-35(47-37)41-27-7-5-23(31(21-27)67(59,60)61)3-4-24-6-8-28(22-32(24)68(62,63)64)42-36-44-34(46-38(48-36)50(2)18-20-52)40-26-11-15-30(16-12-26)66(56,57)58;2*6-3-1-5-2-4-7;;/h3-16,21-22,51-52H,17-20H2,1-2H3,(H,53,54,55)(H,56,57,58)(H,59,60,61)(H,62,63,64)(H2,39,41,43,45,47)(H2,40,42,44,46,48);2*5-7H,1-4H2;;/q;;;2*+1/p-2. The van der Waals surface area contributed by atoms with Gasteiger partial charge < -0.3 is 81.4 Å². The van der Waals surface area contributed by atoms with Gasteiger partial charge in [0.1, 0.15) is 20.2 Å². The van der Waals surface area contributed by atoms with Crippen LogP contribution < -0.4 is 101 Å². The molecule has 0 saturated carbocycles. The molecule has 6 aromatic rings. The molecule has 0 aliphatic rings. The van der Waals surface area contributed by atoms with Crippen molar-refractivity contribution in [2.75, 3.05) is 124 Å². The summed E-state index contributed by atoms with van der Waals surface area (Å²) in [6.07, 6.45) is 2.20. The van der Waals surface area contributed by atoms with E-state index in [2.05, 4.69) is 61.8 Å². The molecule has 2 heterocycles. The van der Waals surface area contributed by atoms with E-state index in [1.807, 2.05) is 0 Å². The summed E-state index contributed by atoms with van der Waals surface area (Å²) in [7, 11) is -16.3. The Morgan fingerprint density at radius 2 is 0.702 bits per heavy atom. The minimum Gasteiger partial charge on any atom is -0.744 e. The molecule has 38 heteroatoms. The van der Waals surface area contributed by atoms with Crippen LogP contribution in [-0.2, 0) is 40.5 Å². The number of aliphatic hydroxyl groups is 6. The van der Waals surface area contributed by atoms with E-state index in [-0.39, 0.29) is 191 Å². The van der Waals surface area contributed by atoms with Gasteiger partial charge in [0.25, 0.3) is 20.2 Å². The molecule has 0 atom stereocenters. The van der Waals surface area contributed by atoms with Gasteiger partial charge >= 0.3 is 59.1 Å². The quantitative estimate of drug-likeness (QED) is 0.00940. The molecule has 4 aromatic carbocycles. The predicted octanol–water partition coefficient (Wildman–Crippen LogP) is -6.51. The van der Waals surface area contributed by atoms with Crippen LogP contribution in [0.15, 0.2) is 105 Å². The van der Waals surface area contributed by atoms with Gasteiger partial charge in [0.15, 0.2) is 0 Å². The SMILES string of the molecule is CN(CCO)c1nc(Nc2ccc(S(=O)(=O)O)cc2)nc(Nc2ccc(C=Cc3ccc(Nc4nc(Nc5ccc(S(=O)(=O)O)cc5)nc(N(C)CCO)n4)cc3S(=O)(=O)[O-])c(S(=O)(=O)[O-])c2)n1.OCCNCCO.OCCNCCO.[Na+].[Na+]. The molecule has 0 aliphatic carbocycles. The zero-order valence-electron chi connectivity index (χ0n) is 45.6. The Bertz CT molecular complexity index is 3300. The van der Waals surface area contributed by atoms with Gasteiger partial charge in [-0.05, 0) is 83.9 Å². The molecule has 0 saturated heterocycles. The number of hydrogen-bond acceptors (Lipinski definition) is 30. The van der Waals surface area contributed by atoms with Crippen molar-refractivity contribution in [1.82, 2.24) is 40.5 Å². The van der Waals surface area contributed by atoms with Gasteiger partial charge in [-0.15, -0.1) is 0 Å². The van der Waals surface area contributed by atoms with Crippen molar-refractivity contribution in [3.05, 3.63) is 96.1 Å². The van der Waals surface area contributed by atoms with E-state index in [1.165, 1.54) is 58.3 Å². The maximum atomic E-state index is 12.6. The summed E-state index contributed by atoms with van der Waals surface area (Å²) in [6, 6.07) is 16.8. The summed E-state index contributed by atoms with van der Waals surface area (Å²) in [4.78, 5) is 26.3. The van der Waals surface area contributed by atoms with Crippen LogP contribution >= 0.6 is 0 Å². The van der Waals surface area contributed by atoms with Gasteiger partial charge in [0.2, 0.25) is 35.7 Å². The van der Waals surface area contributed by atoms with E-state index in [4.69, 9.17) is 20.4 Å². The van der Waals surface area contributed by atoms with Gasteiger partial charge in [-0.3, -0.25) is 9.11 Å². The molecule has 14 N–H and O–H groups in total. The minimum atomic E-state index is -5.24. The van der Waals surface area contributed by atoms with E-state index >= 15 is 0 Å². The second-order valence-corrected chi connectivity index (χ2v) is 22.0. The fourth-order valence-electron chi connectivity index (χ4n) is 6.41. The average molecular weight is 1270 g/mol. The van der Waals surface area contributed by atoms with Crippen LogP contribution in [0.4, 0.5) is 58.4 Å². The number of benzene rings is 4. The normalized spacial score (nSPS) is 11.4. The Labute approximate surface area is 528 Å². The summed E-state index contributed by atoms with van der Waals surface area (Å²) in [5.74, 6) is -0.523. The molecule has 448 valence electrons. The van der Waals surface area contributed by atoms with E-state index in [1.54, 1.807) is 14.1 Å². The molecule has 0 fully saturated rings. The predicted molar refractivity (Wildman–Crippen MR) is 298 cm³/mol. The Morgan fingerprint density at radius 3 is 0.952 bits per heavy atom. The molecular weight excluding hydrogens is 1210 g/mol. The maximum absolute atomic E-state index is 12.6. The topological polar surface area (TPSA) is 501 Å². The third-order valence-corrected chi connectivity index (χ3v) is 13.8. The summed E-state index contributed by atoms with van der Waals surface area (Å²) in [6.45, 7) is 2.41. The van der Waals surface area contributed by atoms with Crippen LogP contribution in [0.25, 0.3) is 12.2 Å². The van der Waals surface area contributed by atoms with Gasteiger partial charge in [0.05, 0.1) is 59.2 Å². The molecule has 0 aliphatic heterocycles. The minimum absolute atomic E-state index is 0. The maximum Gasteiger partial charge on any atom is 1.00 e. The molecule has 0 bridgehead atoms. The third-order valence-electron chi connectivity index (χ3n) is 10.3. The van der Waals surface area contributed by atoms with E-state index < -0.39 is 50.3 Å². The van der Waals surface area contributed by atoms with Crippen molar-refractivity contribution in [2.45, 2.75) is 19.6 Å². The van der Waals surface area contributed by atoms with Crippen molar-refractivity contribution in [3.63, 3.8) is 0 Å². The van der Waals surface area contributed by atoms with E-state index in [9.17, 15) is 62.1 Å². The number of rotatable bonds is 28. The fraction of sp³-hybridized carbons (Fsp3) is 0.304. The van der Waals surface area contributed by atoms with E-state index in [0.717, 1.165) is 48.6 Å². The van der Waals surface area contributed by atoms with Crippen LogP contribution in [0, 0.1) is 0 Å². The number of nitrogens with zero attached hydrogens (tertiary/aromatic N) is 8. The van der Waals surface area contributed by atoms with Crippen molar-refractivity contribution in [2.24, 2.45) is 0 Å². The molecule has 0 unspecified atom stereocenters. The number of aromatic nitrogens is 6. The summed E-state index contributed by atoms with van der Waals surface area (Å²) in [5.41, 5.74) is 0.114. The first-order chi connectivity index (χ1) is 38.7. The number of nitrogens with one attached hydrogen (secondary N) is 6. The van der Waals surface area contributed by atoms with Gasteiger partial charge in [-0.25, -0.2) is 16.8 Å². The van der Waals surface area contributed by atoms with Crippen LogP contribution in [0.3, 0.4) is 0 Å². The third kappa shape index (κ3) is 25.4. The van der Waals surface area contributed by atoms with Crippen molar-refractivity contribution in [1.29, 1.82) is 0 Å². The Balaban J connectivity index is 0.00000134. The van der Waals surface area contributed by atoms with Crippen LogP contribution in [0.5, 0.6) is 0 Å². The van der Waals surface area contributed by atoms with Crippen LogP contribution in [0.2, 0.25) is 0 Å². The first kappa shape index (κ1) is 74.9. The summed E-state index contributed by atoms with van der Waals surface area (Å²) in [5, 5.41) is 68.4. The number of likely N-dealkylation sites (N-methyl/N-ethyl adjacent to an activating group) is 2. The number of hydrogen-bond donors (Lipinski definition) is 14. The Kier molecular flexibility index (Phi) is 32.1. The van der Waals surface area contributed by atoms with Gasteiger partial charge in [-0.2, -0.15) is 46.7 Å². The zero-order chi connectivity index (χ0) is 60.7. The van der Waals surface area contributed by atoms with Crippen molar-refractivity contribution in [3.8, 4) is 0 Å². The second kappa shape index (κ2) is 36.0. The second-order valence-electron chi connectivity index (χ2n) is 16.5. The molecule has 0 radical (unpaired) electrons. The van der Waals surface area contributed by atoms with Crippen molar-refractivity contribution < 1.29 is 142 Å². The fourth-order valence-corrected chi connectivity index (χ4v) is 8.76. The van der Waals surface area contributed by atoms with Gasteiger partial charge in [-0.1, -0.05) is 24.3 Å². The average Bonchev–Trinajstić information content (AvgIpc) is 2.77. The summed E-state index contributed by atoms with van der Waals surface area (Å²) < 4.78 is 140. The Hall–Kier alpha value is -5.24. The molecular formula is C46H60N14Na2O18S4. The smallest absolute Gasteiger partial charge is 0.744 e. The molecule has 32 nitrogen and oxygen atoms in total. The first-order valence-corrected chi connectivity index (χ1v) is 29.5. The largest absolute Gasteiger partial charge is 1.00 e. The Morgan fingerprint density at radius 1 is 0.429 bits per heavy atom. The first-order valence-electron chi connectivity index (χ1n) is 23.8. The van der Waals surface area contributed by atoms with Crippen molar-refractivity contribution >= 4 is 111 Å². The van der Waals surface area contributed by atoms with Crippen LogP contribution in [-0.4, -0.2) is 205 Å². The van der Waals surface area contributed by atoms with E-state index in [0.29, 0.717) is 26.2 Å².